The second-order valence-electron chi connectivity index (χ2n) is 5.82. The molecule has 1 aliphatic carbocycles. The molecule has 26 heavy (non-hydrogen) atoms. The summed E-state index contributed by atoms with van der Waals surface area (Å²) in [5, 5.41) is 20.4. The third-order valence-electron chi connectivity index (χ3n) is 4.02. The van der Waals surface area contributed by atoms with Gasteiger partial charge in [-0.25, -0.2) is 0 Å². The van der Waals surface area contributed by atoms with Gasteiger partial charge in [-0.05, 0) is 81.1 Å². The van der Waals surface area contributed by atoms with Crippen LogP contribution in [0.4, 0.5) is 0 Å². The quantitative estimate of drug-likeness (QED) is 0.362. The van der Waals surface area contributed by atoms with Gasteiger partial charge < -0.3 is 10.2 Å². The SMILES string of the molecule is O=C1/C(=C\c2cc(Br)cc(Br)c2O)CC/C1=C\c1cc(Br)cc(Br)c1O. The number of aromatic hydroxyl groups is 2. The number of phenolic OH excluding ortho intramolecular Hbond substituents is 2. The molecular formula is C19H12Br4O3. The number of Topliss-reactive ketones (excluding diaryl/α,β-unsaturated/α-hetero) is 1. The van der Waals surface area contributed by atoms with E-state index in [4.69, 9.17) is 0 Å². The van der Waals surface area contributed by atoms with E-state index in [9.17, 15) is 15.0 Å². The number of hydrogen-bond donors (Lipinski definition) is 2. The van der Waals surface area contributed by atoms with Crippen molar-refractivity contribution in [1.29, 1.82) is 0 Å². The summed E-state index contributed by atoms with van der Waals surface area (Å²) in [5.41, 5.74) is 2.41. The van der Waals surface area contributed by atoms with Crippen LogP contribution >= 0.6 is 63.7 Å². The number of rotatable bonds is 2. The molecule has 0 radical (unpaired) electrons. The van der Waals surface area contributed by atoms with Crippen molar-refractivity contribution in [3.8, 4) is 11.5 Å². The highest BCUT2D eigenvalue weighted by Gasteiger charge is 2.24. The summed E-state index contributed by atoms with van der Waals surface area (Å²) in [5.74, 6) is 0.120. The predicted octanol–water partition coefficient (Wildman–Crippen LogP) is 6.98. The number of hydrogen-bond acceptors (Lipinski definition) is 3. The Morgan fingerprint density at radius 3 is 1.50 bits per heavy atom. The maximum absolute atomic E-state index is 12.7. The molecule has 3 rings (SSSR count). The van der Waals surface area contributed by atoms with Crippen molar-refractivity contribution in [2.75, 3.05) is 0 Å². The van der Waals surface area contributed by atoms with E-state index in [0.29, 0.717) is 44.1 Å². The van der Waals surface area contributed by atoms with Crippen molar-refractivity contribution in [1.82, 2.24) is 0 Å². The summed E-state index contributed by atoms with van der Waals surface area (Å²) >= 11 is 13.4. The van der Waals surface area contributed by atoms with Crippen LogP contribution in [0.2, 0.25) is 0 Å². The second-order valence-corrected chi connectivity index (χ2v) is 9.36. The molecule has 2 N–H and O–H groups in total. The molecule has 0 saturated heterocycles. The van der Waals surface area contributed by atoms with E-state index in [0.717, 1.165) is 8.95 Å². The summed E-state index contributed by atoms with van der Waals surface area (Å²) in [6.45, 7) is 0. The first kappa shape index (κ1) is 19.9. The lowest BCUT2D eigenvalue weighted by Gasteiger charge is -2.05. The lowest BCUT2D eigenvalue weighted by molar-refractivity contribution is -0.111. The van der Waals surface area contributed by atoms with Crippen LogP contribution in [-0.4, -0.2) is 16.0 Å². The Bertz CT molecular complexity index is 900. The predicted molar refractivity (Wildman–Crippen MR) is 117 cm³/mol. The van der Waals surface area contributed by atoms with Crippen LogP contribution in [0.1, 0.15) is 24.0 Å². The van der Waals surface area contributed by atoms with Gasteiger partial charge in [0.15, 0.2) is 5.78 Å². The number of allylic oxidation sites excluding steroid dienone is 2. The van der Waals surface area contributed by atoms with Crippen molar-refractivity contribution < 1.29 is 15.0 Å². The van der Waals surface area contributed by atoms with Crippen molar-refractivity contribution in [2.45, 2.75) is 12.8 Å². The molecule has 1 aliphatic rings. The average Bonchev–Trinajstić information content (AvgIpc) is 2.90. The first-order chi connectivity index (χ1) is 12.3. The molecule has 0 aliphatic heterocycles. The minimum Gasteiger partial charge on any atom is -0.506 e. The summed E-state index contributed by atoms with van der Waals surface area (Å²) in [7, 11) is 0. The van der Waals surface area contributed by atoms with Gasteiger partial charge in [-0.3, -0.25) is 4.79 Å². The van der Waals surface area contributed by atoms with Crippen molar-refractivity contribution in [2.24, 2.45) is 0 Å². The smallest absolute Gasteiger partial charge is 0.185 e. The minimum absolute atomic E-state index is 0.0732. The van der Waals surface area contributed by atoms with Crippen LogP contribution in [-0.2, 0) is 4.79 Å². The lowest BCUT2D eigenvalue weighted by Crippen LogP contribution is -1.96. The lowest BCUT2D eigenvalue weighted by atomic mass is 10.1. The molecule has 3 nitrogen and oxygen atoms in total. The van der Waals surface area contributed by atoms with E-state index in [1.807, 2.05) is 0 Å². The molecule has 0 amide bonds. The monoisotopic (exact) mass is 604 g/mol. The third-order valence-corrected chi connectivity index (χ3v) is 6.15. The van der Waals surface area contributed by atoms with Gasteiger partial charge in [0, 0.05) is 31.2 Å². The molecule has 0 bridgehead atoms. The third kappa shape index (κ3) is 4.16. The summed E-state index contributed by atoms with van der Waals surface area (Å²) < 4.78 is 2.73. The van der Waals surface area contributed by atoms with E-state index in [1.54, 1.807) is 36.4 Å². The van der Waals surface area contributed by atoms with Gasteiger partial charge in [-0.15, -0.1) is 0 Å². The Hall–Kier alpha value is -0.890. The maximum atomic E-state index is 12.7. The molecule has 1 saturated carbocycles. The van der Waals surface area contributed by atoms with Gasteiger partial charge in [0.25, 0.3) is 0 Å². The van der Waals surface area contributed by atoms with Crippen LogP contribution in [0, 0.1) is 0 Å². The first-order valence-corrected chi connectivity index (χ1v) is 10.8. The molecule has 1 fully saturated rings. The van der Waals surface area contributed by atoms with E-state index >= 15 is 0 Å². The van der Waals surface area contributed by atoms with Crippen molar-refractivity contribution >= 4 is 81.7 Å². The topological polar surface area (TPSA) is 57.5 Å². The molecule has 0 unspecified atom stereocenters. The van der Waals surface area contributed by atoms with E-state index in [-0.39, 0.29) is 17.3 Å². The largest absolute Gasteiger partial charge is 0.506 e. The van der Waals surface area contributed by atoms with Crippen LogP contribution < -0.4 is 0 Å². The fraction of sp³-hybridized carbons (Fsp3) is 0.105. The summed E-state index contributed by atoms with van der Waals surface area (Å²) in [6, 6.07) is 7.01. The zero-order chi connectivity index (χ0) is 19.0. The van der Waals surface area contributed by atoms with E-state index < -0.39 is 0 Å². The van der Waals surface area contributed by atoms with Gasteiger partial charge in [0.05, 0.1) is 8.95 Å². The number of phenols is 2. The maximum Gasteiger partial charge on any atom is 0.185 e. The molecule has 7 heteroatoms. The molecular weight excluding hydrogens is 596 g/mol. The van der Waals surface area contributed by atoms with Crippen LogP contribution in [0.25, 0.3) is 12.2 Å². The molecule has 0 heterocycles. The van der Waals surface area contributed by atoms with E-state index in [1.165, 1.54) is 0 Å². The molecule has 0 aromatic heterocycles. The Kier molecular flexibility index (Phi) is 6.11. The standard InChI is InChI=1S/C19H12Br4O3/c20-13-5-11(18(25)15(22)7-13)3-9-1-2-10(17(9)24)4-12-6-14(21)8-16(23)19(12)26/h3-8,25-26H,1-2H2/b9-3-,10-4+. The number of ketones is 1. The molecule has 0 spiro atoms. The molecule has 2 aromatic rings. The van der Waals surface area contributed by atoms with E-state index in [2.05, 4.69) is 63.7 Å². The average molecular weight is 608 g/mol. The first-order valence-electron chi connectivity index (χ1n) is 7.58. The Morgan fingerprint density at radius 2 is 1.12 bits per heavy atom. The molecule has 0 atom stereocenters. The van der Waals surface area contributed by atoms with Gasteiger partial charge in [0.2, 0.25) is 0 Å². The highest BCUT2D eigenvalue weighted by atomic mass is 79.9. The Morgan fingerprint density at radius 1 is 0.731 bits per heavy atom. The number of benzene rings is 2. The van der Waals surface area contributed by atoms with Gasteiger partial charge in [-0.2, -0.15) is 0 Å². The highest BCUT2D eigenvalue weighted by Crippen LogP contribution is 2.38. The van der Waals surface area contributed by atoms with Crippen LogP contribution in [0.15, 0.2) is 53.3 Å². The molecule has 2 aromatic carbocycles. The number of carbonyl (C=O) groups excluding carboxylic acids is 1. The van der Waals surface area contributed by atoms with Gasteiger partial charge >= 0.3 is 0 Å². The Labute approximate surface area is 184 Å². The highest BCUT2D eigenvalue weighted by molar-refractivity contribution is 9.11. The zero-order valence-corrected chi connectivity index (χ0v) is 19.5. The number of carbonyl (C=O) groups is 1. The van der Waals surface area contributed by atoms with Crippen LogP contribution in [0.3, 0.4) is 0 Å². The zero-order valence-electron chi connectivity index (χ0n) is 13.2. The van der Waals surface area contributed by atoms with Crippen LogP contribution in [0.5, 0.6) is 11.5 Å². The van der Waals surface area contributed by atoms with Crippen molar-refractivity contribution in [3.05, 3.63) is 64.4 Å². The van der Waals surface area contributed by atoms with Gasteiger partial charge in [-0.1, -0.05) is 31.9 Å². The summed E-state index contributed by atoms with van der Waals surface area (Å²) in [4.78, 5) is 12.7. The number of halogens is 4. The van der Waals surface area contributed by atoms with Crippen molar-refractivity contribution in [3.63, 3.8) is 0 Å². The molecule has 134 valence electrons. The van der Waals surface area contributed by atoms with Gasteiger partial charge in [0.1, 0.15) is 11.5 Å². The minimum atomic E-state index is -0.0732. The fourth-order valence-corrected chi connectivity index (χ4v) is 5.26. The summed E-state index contributed by atoms with van der Waals surface area (Å²) in [6.07, 6.45) is 4.60. The normalized spacial score (nSPS) is 17.5. The fourth-order valence-electron chi connectivity index (χ4n) is 2.75. The second kappa shape index (κ2) is 8.00. The Balaban J connectivity index is 1.96.